The van der Waals surface area contributed by atoms with E-state index in [1.807, 2.05) is 24.9 Å². The van der Waals surface area contributed by atoms with Crippen molar-refractivity contribution in [3.05, 3.63) is 29.6 Å². The molecular weight excluding hydrogens is 215 g/mol. The Balaban J connectivity index is 2.22. The van der Waals surface area contributed by atoms with Crippen molar-refractivity contribution in [3.8, 4) is 0 Å². The lowest BCUT2D eigenvalue weighted by atomic mass is 9.85. The van der Waals surface area contributed by atoms with Crippen LogP contribution in [-0.2, 0) is 0 Å². The van der Waals surface area contributed by atoms with E-state index in [0.717, 1.165) is 18.0 Å². The van der Waals surface area contributed by atoms with Crippen molar-refractivity contribution in [2.75, 3.05) is 18.5 Å². The summed E-state index contributed by atoms with van der Waals surface area (Å²) in [6.45, 7) is 2.83. The van der Waals surface area contributed by atoms with E-state index in [1.165, 1.54) is 25.3 Å². The van der Waals surface area contributed by atoms with Gasteiger partial charge in [-0.3, -0.25) is 0 Å². The van der Waals surface area contributed by atoms with Gasteiger partial charge in [-0.2, -0.15) is 0 Å². The summed E-state index contributed by atoms with van der Waals surface area (Å²) in [5, 5.41) is 0. The molecule has 0 saturated heterocycles. The average molecular weight is 236 g/mol. The second kappa shape index (κ2) is 5.05. The zero-order valence-electron chi connectivity index (χ0n) is 10.6. The lowest BCUT2D eigenvalue weighted by Gasteiger charge is -2.32. The molecule has 2 N–H and O–H groups in total. The molecule has 0 heterocycles. The van der Waals surface area contributed by atoms with E-state index < -0.39 is 0 Å². The molecule has 17 heavy (non-hydrogen) atoms. The van der Waals surface area contributed by atoms with Gasteiger partial charge in [-0.05, 0) is 37.3 Å². The smallest absolute Gasteiger partial charge is 0.146 e. The molecule has 1 saturated carbocycles. The van der Waals surface area contributed by atoms with Crippen molar-refractivity contribution < 1.29 is 4.39 Å². The van der Waals surface area contributed by atoms with Crippen LogP contribution in [0.3, 0.4) is 0 Å². The standard InChI is InChI=1S/C14H21FN2/c1-10(16)12-7-4-8-13(15)14(12)17(2)9-11-5-3-6-11/h4,7-8,10-11H,3,5-6,9,16H2,1-2H3/t10-/m1/s1. The lowest BCUT2D eigenvalue weighted by Crippen LogP contribution is -2.31. The summed E-state index contributed by atoms with van der Waals surface area (Å²) in [5.41, 5.74) is 7.48. The van der Waals surface area contributed by atoms with Crippen LogP contribution < -0.4 is 10.6 Å². The van der Waals surface area contributed by atoms with Crippen LogP contribution in [0.1, 0.15) is 37.8 Å². The summed E-state index contributed by atoms with van der Waals surface area (Å²) in [5.74, 6) is 0.558. The van der Waals surface area contributed by atoms with Gasteiger partial charge in [-0.1, -0.05) is 18.6 Å². The number of benzene rings is 1. The highest BCUT2D eigenvalue weighted by Gasteiger charge is 2.22. The molecule has 94 valence electrons. The third kappa shape index (κ3) is 2.60. The van der Waals surface area contributed by atoms with Gasteiger partial charge in [0.15, 0.2) is 0 Å². The van der Waals surface area contributed by atoms with Gasteiger partial charge in [-0.15, -0.1) is 0 Å². The number of halogens is 1. The highest BCUT2D eigenvalue weighted by Crippen LogP contribution is 2.32. The van der Waals surface area contributed by atoms with E-state index in [2.05, 4.69) is 0 Å². The fourth-order valence-corrected chi connectivity index (χ4v) is 2.46. The van der Waals surface area contributed by atoms with E-state index in [4.69, 9.17) is 5.73 Å². The first-order valence-electron chi connectivity index (χ1n) is 6.34. The van der Waals surface area contributed by atoms with Crippen LogP contribution in [-0.4, -0.2) is 13.6 Å². The Bertz CT molecular complexity index is 386. The van der Waals surface area contributed by atoms with Crippen molar-refractivity contribution in [1.29, 1.82) is 0 Å². The van der Waals surface area contributed by atoms with E-state index in [-0.39, 0.29) is 11.9 Å². The molecule has 3 heteroatoms. The summed E-state index contributed by atoms with van der Waals surface area (Å²) in [6.07, 6.45) is 3.86. The first kappa shape index (κ1) is 12.4. The number of nitrogens with zero attached hydrogens (tertiary/aromatic N) is 1. The first-order chi connectivity index (χ1) is 8.09. The van der Waals surface area contributed by atoms with Gasteiger partial charge >= 0.3 is 0 Å². The Labute approximate surface area is 103 Å². The van der Waals surface area contributed by atoms with Crippen molar-refractivity contribution in [3.63, 3.8) is 0 Å². The monoisotopic (exact) mass is 236 g/mol. The van der Waals surface area contributed by atoms with Crippen molar-refractivity contribution >= 4 is 5.69 Å². The Morgan fingerprint density at radius 1 is 1.47 bits per heavy atom. The number of hydrogen-bond acceptors (Lipinski definition) is 2. The molecule has 2 rings (SSSR count). The molecule has 2 nitrogen and oxygen atoms in total. The third-order valence-corrected chi connectivity index (χ3v) is 3.65. The maximum atomic E-state index is 13.9. The minimum atomic E-state index is -0.165. The zero-order chi connectivity index (χ0) is 12.4. The molecule has 1 aromatic rings. The first-order valence-corrected chi connectivity index (χ1v) is 6.34. The molecule has 0 spiro atoms. The number of para-hydroxylation sites is 1. The predicted octanol–water partition coefficient (Wildman–Crippen LogP) is 3.08. The highest BCUT2D eigenvalue weighted by molar-refractivity contribution is 5.55. The van der Waals surface area contributed by atoms with Crippen LogP contribution >= 0.6 is 0 Å². The summed E-state index contributed by atoms with van der Waals surface area (Å²) >= 11 is 0. The normalized spacial score (nSPS) is 17.6. The number of hydrogen-bond donors (Lipinski definition) is 1. The highest BCUT2D eigenvalue weighted by atomic mass is 19.1. The second-order valence-corrected chi connectivity index (χ2v) is 5.14. The summed E-state index contributed by atoms with van der Waals surface area (Å²) in [6, 6.07) is 5.03. The lowest BCUT2D eigenvalue weighted by molar-refractivity contribution is 0.320. The molecule has 0 aliphatic heterocycles. The third-order valence-electron chi connectivity index (χ3n) is 3.65. The fourth-order valence-electron chi connectivity index (χ4n) is 2.46. The summed E-state index contributed by atoms with van der Waals surface area (Å²) in [7, 11) is 1.96. The quantitative estimate of drug-likeness (QED) is 0.870. The topological polar surface area (TPSA) is 29.3 Å². The Kier molecular flexibility index (Phi) is 3.67. The molecule has 1 atom stereocenters. The summed E-state index contributed by atoms with van der Waals surface area (Å²) in [4.78, 5) is 2.03. The minimum Gasteiger partial charge on any atom is -0.372 e. The van der Waals surface area contributed by atoms with Gasteiger partial charge in [0.05, 0.1) is 5.69 Å². The molecule has 1 aromatic carbocycles. The molecule has 0 unspecified atom stereocenters. The molecule has 0 amide bonds. The van der Waals surface area contributed by atoms with Crippen LogP contribution in [0.4, 0.5) is 10.1 Å². The molecule has 0 radical (unpaired) electrons. The molecule has 0 aromatic heterocycles. The van der Waals surface area contributed by atoms with Crippen molar-refractivity contribution in [2.24, 2.45) is 11.7 Å². The largest absolute Gasteiger partial charge is 0.372 e. The Morgan fingerprint density at radius 3 is 2.71 bits per heavy atom. The average Bonchev–Trinajstić information content (AvgIpc) is 2.22. The van der Waals surface area contributed by atoms with Crippen LogP contribution in [0.25, 0.3) is 0 Å². The predicted molar refractivity (Wildman–Crippen MR) is 69.6 cm³/mol. The number of anilines is 1. The van der Waals surface area contributed by atoms with Crippen molar-refractivity contribution in [2.45, 2.75) is 32.2 Å². The molecule has 1 fully saturated rings. The molecule has 0 bridgehead atoms. The Hall–Kier alpha value is -1.09. The zero-order valence-corrected chi connectivity index (χ0v) is 10.6. The van der Waals surface area contributed by atoms with E-state index in [0.29, 0.717) is 5.69 Å². The van der Waals surface area contributed by atoms with Crippen LogP contribution in [0.2, 0.25) is 0 Å². The molecular formula is C14H21FN2. The number of rotatable bonds is 4. The van der Waals surface area contributed by atoms with Gasteiger partial charge in [0.25, 0.3) is 0 Å². The van der Waals surface area contributed by atoms with E-state index in [1.54, 1.807) is 6.07 Å². The second-order valence-electron chi connectivity index (χ2n) is 5.14. The minimum absolute atomic E-state index is 0.135. The van der Waals surface area contributed by atoms with Crippen LogP contribution in [0.5, 0.6) is 0 Å². The van der Waals surface area contributed by atoms with Crippen LogP contribution in [0.15, 0.2) is 18.2 Å². The van der Waals surface area contributed by atoms with Gasteiger partial charge in [-0.25, -0.2) is 4.39 Å². The Morgan fingerprint density at radius 2 is 2.18 bits per heavy atom. The maximum Gasteiger partial charge on any atom is 0.146 e. The van der Waals surface area contributed by atoms with Gasteiger partial charge in [0, 0.05) is 19.6 Å². The van der Waals surface area contributed by atoms with Crippen LogP contribution in [0, 0.1) is 11.7 Å². The SMILES string of the molecule is C[C@@H](N)c1cccc(F)c1N(C)CC1CCC1. The number of nitrogens with two attached hydrogens (primary N) is 1. The fraction of sp³-hybridized carbons (Fsp3) is 0.571. The van der Waals surface area contributed by atoms with E-state index in [9.17, 15) is 4.39 Å². The summed E-state index contributed by atoms with van der Waals surface area (Å²) < 4.78 is 13.9. The van der Waals surface area contributed by atoms with Gasteiger partial charge < -0.3 is 10.6 Å². The molecule has 1 aliphatic rings. The van der Waals surface area contributed by atoms with Crippen molar-refractivity contribution in [1.82, 2.24) is 0 Å². The van der Waals surface area contributed by atoms with Gasteiger partial charge in [0.2, 0.25) is 0 Å². The van der Waals surface area contributed by atoms with Gasteiger partial charge in [0.1, 0.15) is 5.82 Å². The maximum absolute atomic E-state index is 13.9. The molecule has 1 aliphatic carbocycles. The van der Waals surface area contributed by atoms with E-state index >= 15 is 0 Å².